The van der Waals surface area contributed by atoms with Crippen LogP contribution in [0.3, 0.4) is 0 Å². The third-order valence-electron chi connectivity index (χ3n) is 0. The Kier molecular flexibility index (Phi) is 126. The van der Waals surface area contributed by atoms with Crippen LogP contribution in [0.25, 0.3) is 0 Å². The van der Waals surface area contributed by atoms with Crippen LogP contribution in [-0.2, 0) is 84.8 Å². The molecule has 0 spiro atoms. The number of hydrogen-bond donors (Lipinski definition) is 0. The van der Waals surface area contributed by atoms with E-state index in [4.69, 9.17) is 0 Å². The molecular weight excluding hydrogens is 448 g/mol. The van der Waals surface area contributed by atoms with Gasteiger partial charge in [0.2, 0.25) is 0 Å². The van der Waals surface area contributed by atoms with Crippen molar-refractivity contribution in [2.75, 3.05) is 0 Å². The number of hydrogen-bond acceptors (Lipinski definition) is 0. The van der Waals surface area contributed by atoms with Crippen LogP contribution >= 0.6 is 0 Å². The van der Waals surface area contributed by atoms with E-state index in [9.17, 15) is 0 Å². The minimum Gasteiger partial charge on any atom is 0 e. The van der Waals surface area contributed by atoms with Crippen molar-refractivity contribution in [1.82, 2.24) is 0 Å². The van der Waals surface area contributed by atoms with Gasteiger partial charge in [-0.3, -0.25) is 0 Å². The zero-order valence-corrected chi connectivity index (χ0v) is 8.98. The summed E-state index contributed by atoms with van der Waals surface area (Å²) in [5, 5.41) is 0. The zero-order chi connectivity index (χ0) is 0. The van der Waals surface area contributed by atoms with Crippen molar-refractivity contribution in [3.05, 3.63) is 0 Å². The topological polar surface area (TPSA) is 0 Å². The quantitative estimate of drug-likeness (QED) is 0.459. The first-order valence-corrected chi connectivity index (χ1v) is 0. The zero-order valence-electron chi connectivity index (χ0n) is 1.51. The van der Waals surface area contributed by atoms with E-state index >= 15 is 0 Å². The fourth-order valence-electron chi connectivity index (χ4n) is 0. The summed E-state index contributed by atoms with van der Waals surface area (Å²) in [7, 11) is 0. The van der Waals surface area contributed by atoms with Gasteiger partial charge in [-0.2, -0.15) is 0 Å². The summed E-state index contributed by atoms with van der Waals surface area (Å²) in [4.78, 5) is 0. The maximum atomic E-state index is 0. The van der Waals surface area contributed by atoms with E-state index in [1.165, 1.54) is 0 Å². The fourth-order valence-corrected chi connectivity index (χ4v) is 0. The summed E-state index contributed by atoms with van der Waals surface area (Å²) in [6, 6.07) is 0. The van der Waals surface area contributed by atoms with E-state index in [1.54, 1.807) is 0 Å². The van der Waals surface area contributed by atoms with Gasteiger partial charge in [-0.25, -0.2) is 0 Å². The molecule has 0 unspecified atom stereocenters. The Morgan fingerprint density at radius 3 is 1.00 bits per heavy atom. The molecule has 0 bridgehead atoms. The Morgan fingerprint density at radius 2 is 1.00 bits per heavy atom. The molecule has 31 valence electrons. The molecular formula is MnPdPtZr. The van der Waals surface area contributed by atoms with Crippen molar-refractivity contribution in [2.24, 2.45) is 0 Å². The molecule has 0 aliphatic carbocycles. The van der Waals surface area contributed by atoms with Crippen molar-refractivity contribution < 1.29 is 84.8 Å². The van der Waals surface area contributed by atoms with Crippen molar-refractivity contribution in [1.29, 1.82) is 0 Å². The molecule has 0 aromatic heterocycles. The van der Waals surface area contributed by atoms with Crippen LogP contribution in [0.2, 0.25) is 0 Å². The maximum Gasteiger partial charge on any atom is 0 e. The summed E-state index contributed by atoms with van der Waals surface area (Å²) >= 11 is 0. The molecule has 4 heavy (non-hydrogen) atoms. The van der Waals surface area contributed by atoms with Crippen molar-refractivity contribution in [2.45, 2.75) is 0 Å². The molecule has 0 fully saturated rings. The second kappa shape index (κ2) is 17.1. The molecule has 0 rings (SSSR count). The first-order chi connectivity index (χ1) is 0. The van der Waals surface area contributed by atoms with Crippen LogP contribution in [0, 0.1) is 0 Å². The molecule has 0 aromatic rings. The van der Waals surface area contributed by atoms with Gasteiger partial charge in [-0.1, -0.05) is 0 Å². The van der Waals surface area contributed by atoms with Gasteiger partial charge < -0.3 is 0 Å². The molecule has 0 nitrogen and oxygen atoms in total. The maximum absolute atomic E-state index is 0. The molecule has 0 aliphatic rings. The van der Waals surface area contributed by atoms with Gasteiger partial charge in [0.25, 0.3) is 0 Å². The van der Waals surface area contributed by atoms with Gasteiger partial charge in [0, 0.05) is 84.8 Å². The summed E-state index contributed by atoms with van der Waals surface area (Å²) in [5.41, 5.74) is 0. The number of rotatable bonds is 0. The summed E-state index contributed by atoms with van der Waals surface area (Å²) in [6.45, 7) is 0. The predicted molar refractivity (Wildman–Crippen MR) is 0 cm³/mol. The molecule has 0 heterocycles. The Balaban J connectivity index is 0. The van der Waals surface area contributed by atoms with Crippen LogP contribution in [-0.4, -0.2) is 0 Å². The monoisotopic (exact) mass is 446 g/mol. The van der Waals surface area contributed by atoms with Gasteiger partial charge in [-0.15, -0.1) is 0 Å². The Hall–Kier alpha value is 2.75. The van der Waals surface area contributed by atoms with Crippen LogP contribution in [0.5, 0.6) is 0 Å². The smallest absolute Gasteiger partial charge is 0 e. The third kappa shape index (κ3) is 8.83. The second-order valence-electron chi connectivity index (χ2n) is 0. The Bertz CT molecular complexity index is 8.00. The average Bonchev–Trinajstić information content (AvgIpc) is 0. The van der Waals surface area contributed by atoms with Gasteiger partial charge in [-0.05, 0) is 0 Å². The predicted octanol–water partition coefficient (Wildman–Crippen LogP) is -0.0100. The molecule has 0 saturated carbocycles. The van der Waals surface area contributed by atoms with Gasteiger partial charge >= 0.3 is 0 Å². The SMILES string of the molecule is [Mn].[Pd].[Pt].[Zr]. The summed E-state index contributed by atoms with van der Waals surface area (Å²) in [5.74, 6) is 0. The first-order valence-electron chi connectivity index (χ1n) is 0. The molecule has 0 saturated heterocycles. The van der Waals surface area contributed by atoms with Crippen molar-refractivity contribution in [3.63, 3.8) is 0 Å². The standard InChI is InChI=1S/Mn.Pd.Pt.Zr. The molecule has 1 radical (unpaired) electrons. The molecule has 0 amide bonds. The minimum atomic E-state index is 0. The second-order valence-corrected chi connectivity index (χ2v) is 0. The van der Waals surface area contributed by atoms with Crippen LogP contribution in [0.15, 0.2) is 0 Å². The molecule has 0 atom stereocenters. The van der Waals surface area contributed by atoms with Crippen LogP contribution < -0.4 is 0 Å². The fraction of sp³-hybridized carbons (Fsp3) is 0. The first kappa shape index (κ1) is 29.5. The third-order valence-corrected chi connectivity index (χ3v) is 0. The molecule has 0 aliphatic heterocycles. The van der Waals surface area contributed by atoms with Gasteiger partial charge in [0.15, 0.2) is 0 Å². The molecule has 0 aromatic carbocycles. The van der Waals surface area contributed by atoms with E-state index in [0.29, 0.717) is 0 Å². The van der Waals surface area contributed by atoms with E-state index in [2.05, 4.69) is 0 Å². The van der Waals surface area contributed by atoms with Crippen molar-refractivity contribution >= 4 is 0 Å². The van der Waals surface area contributed by atoms with E-state index < -0.39 is 0 Å². The summed E-state index contributed by atoms with van der Waals surface area (Å²) in [6.07, 6.45) is 0. The van der Waals surface area contributed by atoms with Gasteiger partial charge in [0.1, 0.15) is 0 Å². The summed E-state index contributed by atoms with van der Waals surface area (Å²) < 4.78 is 0. The largest absolute Gasteiger partial charge is 0 e. The van der Waals surface area contributed by atoms with Crippen LogP contribution in [0.4, 0.5) is 0 Å². The molecule has 4 heteroatoms. The average molecular weight is 448 g/mol. The van der Waals surface area contributed by atoms with E-state index in [-0.39, 0.29) is 84.8 Å². The van der Waals surface area contributed by atoms with E-state index in [1.807, 2.05) is 0 Å². The Morgan fingerprint density at radius 1 is 1.00 bits per heavy atom. The minimum absolute atomic E-state index is 0. The molecule has 0 N–H and O–H groups in total. The van der Waals surface area contributed by atoms with Gasteiger partial charge in [0.05, 0.1) is 0 Å². The normalized spacial score (nSPS) is 0. The van der Waals surface area contributed by atoms with Crippen molar-refractivity contribution in [3.8, 4) is 0 Å². The Labute approximate surface area is 83.4 Å². The van der Waals surface area contributed by atoms with Crippen LogP contribution in [0.1, 0.15) is 0 Å². The van der Waals surface area contributed by atoms with E-state index in [0.717, 1.165) is 0 Å².